The lowest BCUT2D eigenvalue weighted by Gasteiger charge is -2.36. The molecule has 2 fully saturated rings. The van der Waals surface area contributed by atoms with Crippen LogP contribution >= 0.6 is 0 Å². The molecule has 2 bridgehead atoms. The molecule has 3 rings (SSSR count). The average Bonchev–Trinajstić information content (AvgIpc) is 2.63. The number of hydrogen-bond acceptors (Lipinski definition) is 3. The Kier molecular flexibility index (Phi) is 3.08. The molecule has 3 nitrogen and oxygen atoms in total. The summed E-state index contributed by atoms with van der Waals surface area (Å²) in [4.78, 5) is 13.5. The van der Waals surface area contributed by atoms with Gasteiger partial charge in [-0.3, -0.25) is 4.79 Å². The van der Waals surface area contributed by atoms with Crippen LogP contribution in [0.5, 0.6) is 5.75 Å². The lowest BCUT2D eigenvalue weighted by Crippen LogP contribution is -2.43. The van der Waals surface area contributed by atoms with Gasteiger partial charge in [0.05, 0.1) is 5.56 Å². The maximum absolute atomic E-state index is 11.0. The molecule has 2 saturated heterocycles. The zero-order valence-corrected chi connectivity index (χ0v) is 10.7. The molecule has 0 radical (unpaired) electrons. The maximum Gasteiger partial charge on any atom is 0.153 e. The van der Waals surface area contributed by atoms with Crippen molar-refractivity contribution in [2.24, 2.45) is 0 Å². The van der Waals surface area contributed by atoms with Crippen LogP contribution in [0, 0.1) is 0 Å². The molecule has 0 N–H and O–H groups in total. The van der Waals surface area contributed by atoms with Crippen LogP contribution in [-0.4, -0.2) is 36.4 Å². The third-order valence-electron chi connectivity index (χ3n) is 4.39. The molecule has 2 aliphatic heterocycles. The maximum atomic E-state index is 11.0. The number of nitrogens with zero attached hydrogens (tertiary/aromatic N) is 1. The molecule has 2 aliphatic rings. The van der Waals surface area contributed by atoms with E-state index in [1.165, 1.54) is 12.8 Å². The summed E-state index contributed by atoms with van der Waals surface area (Å²) < 4.78 is 6.05. The van der Waals surface area contributed by atoms with Crippen molar-refractivity contribution < 1.29 is 9.53 Å². The van der Waals surface area contributed by atoms with Gasteiger partial charge < -0.3 is 9.64 Å². The first kappa shape index (κ1) is 11.7. The highest BCUT2D eigenvalue weighted by Crippen LogP contribution is 2.36. The molecule has 2 atom stereocenters. The summed E-state index contributed by atoms with van der Waals surface area (Å²) in [7, 11) is 2.22. The van der Waals surface area contributed by atoms with Crippen molar-refractivity contribution in [2.75, 3.05) is 7.05 Å². The fraction of sp³-hybridized carbons (Fsp3) is 0.533. The SMILES string of the molecule is CN1C2CCC1CC(Oc1ccccc1C=O)C2. The Morgan fingerprint density at radius 2 is 1.89 bits per heavy atom. The van der Waals surface area contributed by atoms with E-state index in [0.29, 0.717) is 17.6 Å². The molecular weight excluding hydrogens is 226 g/mol. The van der Waals surface area contributed by atoms with Crippen molar-refractivity contribution in [3.63, 3.8) is 0 Å². The largest absolute Gasteiger partial charge is 0.490 e. The molecular formula is C15H19NO2. The van der Waals surface area contributed by atoms with E-state index in [9.17, 15) is 4.79 Å². The summed E-state index contributed by atoms with van der Waals surface area (Å²) in [5, 5.41) is 0. The number of carbonyl (C=O) groups is 1. The molecule has 18 heavy (non-hydrogen) atoms. The molecule has 0 saturated carbocycles. The molecule has 1 aromatic rings. The number of rotatable bonds is 3. The summed E-state index contributed by atoms with van der Waals surface area (Å²) >= 11 is 0. The van der Waals surface area contributed by atoms with Gasteiger partial charge in [-0.15, -0.1) is 0 Å². The Morgan fingerprint density at radius 3 is 2.56 bits per heavy atom. The van der Waals surface area contributed by atoms with Crippen LogP contribution in [0.3, 0.4) is 0 Å². The Labute approximate surface area is 108 Å². The van der Waals surface area contributed by atoms with Crippen LogP contribution in [0.2, 0.25) is 0 Å². The van der Waals surface area contributed by atoms with Gasteiger partial charge in [-0.2, -0.15) is 0 Å². The lowest BCUT2D eigenvalue weighted by atomic mass is 10.0. The molecule has 0 aromatic heterocycles. The third-order valence-corrected chi connectivity index (χ3v) is 4.39. The lowest BCUT2D eigenvalue weighted by molar-refractivity contribution is 0.0655. The fourth-order valence-corrected chi connectivity index (χ4v) is 3.32. The second kappa shape index (κ2) is 4.73. The third kappa shape index (κ3) is 2.03. The van der Waals surface area contributed by atoms with E-state index >= 15 is 0 Å². The van der Waals surface area contributed by atoms with E-state index in [1.54, 1.807) is 0 Å². The highest BCUT2D eigenvalue weighted by atomic mass is 16.5. The zero-order chi connectivity index (χ0) is 12.5. The second-order valence-electron chi connectivity index (χ2n) is 5.42. The van der Waals surface area contributed by atoms with E-state index < -0.39 is 0 Å². The van der Waals surface area contributed by atoms with E-state index in [1.807, 2.05) is 24.3 Å². The Morgan fingerprint density at radius 1 is 1.22 bits per heavy atom. The number of aldehydes is 1. The van der Waals surface area contributed by atoms with Gasteiger partial charge >= 0.3 is 0 Å². The van der Waals surface area contributed by atoms with E-state index in [-0.39, 0.29) is 6.10 Å². The monoisotopic (exact) mass is 245 g/mol. The van der Waals surface area contributed by atoms with E-state index in [4.69, 9.17) is 4.74 Å². The molecule has 0 spiro atoms. The van der Waals surface area contributed by atoms with Crippen LogP contribution in [0.15, 0.2) is 24.3 Å². The van der Waals surface area contributed by atoms with Crippen molar-refractivity contribution in [3.05, 3.63) is 29.8 Å². The summed E-state index contributed by atoms with van der Waals surface area (Å²) in [6.45, 7) is 0. The van der Waals surface area contributed by atoms with Crippen molar-refractivity contribution >= 4 is 6.29 Å². The van der Waals surface area contributed by atoms with Gasteiger partial charge in [0.25, 0.3) is 0 Å². The summed E-state index contributed by atoms with van der Waals surface area (Å²) in [5.74, 6) is 0.737. The molecule has 3 heteroatoms. The van der Waals surface area contributed by atoms with Crippen LogP contribution in [0.25, 0.3) is 0 Å². The quantitative estimate of drug-likeness (QED) is 0.766. The second-order valence-corrected chi connectivity index (χ2v) is 5.42. The molecule has 0 aliphatic carbocycles. The van der Waals surface area contributed by atoms with E-state index in [0.717, 1.165) is 24.9 Å². The average molecular weight is 245 g/mol. The first-order valence-corrected chi connectivity index (χ1v) is 6.70. The van der Waals surface area contributed by atoms with Crippen LogP contribution in [-0.2, 0) is 0 Å². The highest BCUT2D eigenvalue weighted by molar-refractivity contribution is 5.79. The van der Waals surface area contributed by atoms with Gasteiger partial charge in [0.1, 0.15) is 11.9 Å². The zero-order valence-electron chi connectivity index (χ0n) is 10.7. The minimum absolute atomic E-state index is 0.264. The number of piperidine rings is 1. The number of para-hydroxylation sites is 1. The Hall–Kier alpha value is -1.35. The smallest absolute Gasteiger partial charge is 0.153 e. The summed E-state index contributed by atoms with van der Waals surface area (Å²) in [5.41, 5.74) is 0.656. The molecule has 96 valence electrons. The number of ether oxygens (including phenoxy) is 1. The number of fused-ring (bicyclic) bond motifs is 2. The predicted octanol–water partition coefficient (Wildman–Crippen LogP) is 2.50. The minimum atomic E-state index is 0.264. The fourth-order valence-electron chi connectivity index (χ4n) is 3.32. The highest BCUT2D eigenvalue weighted by Gasteiger charge is 2.39. The molecule has 2 unspecified atom stereocenters. The molecule has 2 heterocycles. The van der Waals surface area contributed by atoms with Crippen molar-refractivity contribution in [1.29, 1.82) is 0 Å². The summed E-state index contributed by atoms with van der Waals surface area (Å²) in [6, 6.07) is 8.82. The van der Waals surface area contributed by atoms with Gasteiger partial charge in [0, 0.05) is 12.1 Å². The van der Waals surface area contributed by atoms with Gasteiger partial charge in [-0.05, 0) is 44.9 Å². The molecule has 0 amide bonds. The standard InChI is InChI=1S/C15H19NO2/c1-16-12-6-7-13(16)9-14(8-12)18-15-5-3-2-4-11(15)10-17/h2-5,10,12-14H,6-9H2,1H3. The first-order chi connectivity index (χ1) is 8.78. The van der Waals surface area contributed by atoms with Crippen LogP contribution < -0.4 is 4.74 Å². The first-order valence-electron chi connectivity index (χ1n) is 6.70. The number of hydrogen-bond donors (Lipinski definition) is 0. The number of carbonyl (C=O) groups excluding carboxylic acids is 1. The van der Waals surface area contributed by atoms with Gasteiger partial charge in [0.15, 0.2) is 6.29 Å². The van der Waals surface area contributed by atoms with Crippen molar-refractivity contribution in [2.45, 2.75) is 43.9 Å². The van der Waals surface area contributed by atoms with Crippen LogP contribution in [0.1, 0.15) is 36.0 Å². The van der Waals surface area contributed by atoms with Crippen molar-refractivity contribution in [1.82, 2.24) is 4.90 Å². The Balaban J connectivity index is 1.72. The van der Waals surface area contributed by atoms with Crippen LogP contribution in [0.4, 0.5) is 0 Å². The van der Waals surface area contributed by atoms with E-state index in [2.05, 4.69) is 11.9 Å². The molecule has 1 aromatic carbocycles. The predicted molar refractivity (Wildman–Crippen MR) is 70.1 cm³/mol. The van der Waals surface area contributed by atoms with Gasteiger partial charge in [-0.25, -0.2) is 0 Å². The summed E-state index contributed by atoms with van der Waals surface area (Å²) in [6.07, 6.45) is 5.88. The minimum Gasteiger partial charge on any atom is -0.490 e. The van der Waals surface area contributed by atoms with Gasteiger partial charge in [0.2, 0.25) is 0 Å². The normalized spacial score (nSPS) is 31.3. The number of benzene rings is 1. The topological polar surface area (TPSA) is 29.5 Å². The van der Waals surface area contributed by atoms with Crippen molar-refractivity contribution in [3.8, 4) is 5.75 Å². The van der Waals surface area contributed by atoms with Gasteiger partial charge in [-0.1, -0.05) is 12.1 Å². The Bertz CT molecular complexity index is 432.